The first-order chi connectivity index (χ1) is 14.4. The fraction of sp³-hybridized carbons (Fsp3) is 0.0909. The minimum Gasteiger partial charge on any atom is -0.285 e. The van der Waals surface area contributed by atoms with Crippen molar-refractivity contribution < 1.29 is 12.8 Å². The Hall–Kier alpha value is -3.36. The number of aromatic nitrogens is 3. The highest BCUT2D eigenvalue weighted by Gasteiger charge is 2.20. The molecular formula is C22H19FN4O2S. The number of nitrogens with zero attached hydrogens (tertiary/aromatic N) is 2. The molecule has 2 heterocycles. The molecule has 0 saturated heterocycles. The van der Waals surface area contributed by atoms with Crippen molar-refractivity contribution >= 4 is 10.0 Å². The largest absolute Gasteiger partial charge is 0.285 e. The molecule has 1 atom stereocenters. The zero-order valence-corrected chi connectivity index (χ0v) is 16.7. The normalized spacial score (nSPS) is 12.6. The summed E-state index contributed by atoms with van der Waals surface area (Å²) in [5.74, 6) is -0.399. The number of aromatic amines is 1. The van der Waals surface area contributed by atoms with Crippen LogP contribution in [-0.4, -0.2) is 23.6 Å². The third-order valence-electron chi connectivity index (χ3n) is 4.92. The van der Waals surface area contributed by atoms with Crippen LogP contribution in [0.25, 0.3) is 11.3 Å². The zero-order chi connectivity index (χ0) is 21.1. The van der Waals surface area contributed by atoms with E-state index in [0.717, 1.165) is 22.4 Å². The molecule has 0 aliphatic heterocycles. The molecule has 2 aromatic carbocycles. The predicted octanol–water partition coefficient (Wildman–Crippen LogP) is 3.63. The summed E-state index contributed by atoms with van der Waals surface area (Å²) < 4.78 is 36.5. The lowest BCUT2D eigenvalue weighted by Crippen LogP contribution is -2.11. The van der Waals surface area contributed by atoms with Crippen molar-refractivity contribution in [2.75, 3.05) is 0 Å². The molecule has 152 valence electrons. The van der Waals surface area contributed by atoms with E-state index in [9.17, 15) is 12.8 Å². The van der Waals surface area contributed by atoms with Gasteiger partial charge in [0, 0.05) is 29.6 Å². The number of pyridine rings is 1. The molecule has 0 aliphatic rings. The lowest BCUT2D eigenvalue weighted by molar-refractivity contribution is 0.598. The van der Waals surface area contributed by atoms with Gasteiger partial charge in [-0.25, -0.2) is 17.9 Å². The van der Waals surface area contributed by atoms with Gasteiger partial charge in [0.05, 0.1) is 10.6 Å². The van der Waals surface area contributed by atoms with Gasteiger partial charge in [-0.05, 0) is 53.9 Å². The van der Waals surface area contributed by atoms with Gasteiger partial charge in [-0.15, -0.1) is 0 Å². The monoisotopic (exact) mass is 422 g/mol. The van der Waals surface area contributed by atoms with Gasteiger partial charge in [-0.2, -0.15) is 5.10 Å². The molecule has 8 heteroatoms. The van der Waals surface area contributed by atoms with Gasteiger partial charge < -0.3 is 0 Å². The van der Waals surface area contributed by atoms with Crippen LogP contribution >= 0.6 is 0 Å². The summed E-state index contributed by atoms with van der Waals surface area (Å²) in [7, 11) is -3.76. The molecule has 3 N–H and O–H groups in total. The summed E-state index contributed by atoms with van der Waals surface area (Å²) in [6.07, 6.45) is 4.11. The van der Waals surface area contributed by atoms with E-state index in [-0.39, 0.29) is 16.6 Å². The molecule has 0 aliphatic carbocycles. The number of nitrogens with one attached hydrogen (secondary N) is 1. The molecular weight excluding hydrogens is 403 g/mol. The minimum absolute atomic E-state index is 0.0426. The van der Waals surface area contributed by atoms with E-state index in [0.29, 0.717) is 12.1 Å². The Kier molecular flexibility index (Phi) is 5.43. The van der Waals surface area contributed by atoms with Crippen LogP contribution in [0.15, 0.2) is 84.0 Å². The Labute approximate surface area is 173 Å². The summed E-state index contributed by atoms with van der Waals surface area (Å²) in [6, 6.07) is 18.4. The van der Waals surface area contributed by atoms with Gasteiger partial charge in [0.15, 0.2) is 0 Å². The Bertz CT molecular complexity index is 1240. The van der Waals surface area contributed by atoms with Crippen LogP contribution in [0.1, 0.15) is 22.7 Å². The maximum atomic E-state index is 13.4. The number of halogens is 1. The van der Waals surface area contributed by atoms with Crippen molar-refractivity contribution in [2.24, 2.45) is 5.14 Å². The minimum atomic E-state index is -3.76. The Morgan fingerprint density at radius 1 is 1.00 bits per heavy atom. The van der Waals surface area contributed by atoms with E-state index in [2.05, 4.69) is 15.2 Å². The third kappa shape index (κ3) is 4.29. The first-order valence-corrected chi connectivity index (χ1v) is 10.8. The number of sulfonamides is 1. The highest BCUT2D eigenvalue weighted by molar-refractivity contribution is 7.89. The first-order valence-electron chi connectivity index (χ1n) is 9.24. The van der Waals surface area contributed by atoms with Gasteiger partial charge in [-0.3, -0.25) is 10.1 Å². The van der Waals surface area contributed by atoms with E-state index >= 15 is 0 Å². The van der Waals surface area contributed by atoms with E-state index < -0.39 is 10.0 Å². The quantitative estimate of drug-likeness (QED) is 0.495. The van der Waals surface area contributed by atoms with Crippen molar-refractivity contribution in [1.29, 1.82) is 0 Å². The Morgan fingerprint density at radius 2 is 1.73 bits per heavy atom. The number of H-pyrrole nitrogens is 1. The van der Waals surface area contributed by atoms with Crippen LogP contribution in [0.3, 0.4) is 0 Å². The maximum absolute atomic E-state index is 13.4. The number of hydrogen-bond acceptors (Lipinski definition) is 4. The highest BCUT2D eigenvalue weighted by atomic mass is 32.2. The number of benzene rings is 2. The molecule has 4 rings (SSSR count). The van der Waals surface area contributed by atoms with E-state index in [1.54, 1.807) is 30.5 Å². The van der Waals surface area contributed by atoms with E-state index in [1.807, 2.05) is 24.4 Å². The van der Waals surface area contributed by atoms with E-state index in [1.165, 1.54) is 24.3 Å². The van der Waals surface area contributed by atoms with Crippen LogP contribution in [0.4, 0.5) is 4.39 Å². The van der Waals surface area contributed by atoms with Gasteiger partial charge in [0.1, 0.15) is 5.82 Å². The Morgan fingerprint density at radius 3 is 2.37 bits per heavy atom. The molecule has 0 spiro atoms. The molecule has 0 saturated carbocycles. The molecule has 0 amide bonds. The molecule has 6 nitrogen and oxygen atoms in total. The molecule has 4 aromatic rings. The average molecular weight is 422 g/mol. The molecule has 0 fully saturated rings. The van der Waals surface area contributed by atoms with Crippen molar-refractivity contribution in [1.82, 2.24) is 15.2 Å². The third-order valence-corrected chi connectivity index (χ3v) is 5.85. The lowest BCUT2D eigenvalue weighted by atomic mass is 9.88. The SMILES string of the molecule is NS(=O)(=O)c1ccc(-c2n[nH]cc2CC(c2ccc(F)cc2)c2ccccn2)cc1. The zero-order valence-electron chi connectivity index (χ0n) is 15.9. The highest BCUT2D eigenvalue weighted by Crippen LogP contribution is 2.31. The first kappa shape index (κ1) is 19.9. The summed E-state index contributed by atoms with van der Waals surface area (Å²) >= 11 is 0. The Balaban J connectivity index is 1.70. The fourth-order valence-corrected chi connectivity index (χ4v) is 3.93. The topological polar surface area (TPSA) is 102 Å². The standard InChI is InChI=1S/C22H19FN4O2S/c23-18-8-4-15(5-9-18)20(21-3-1-2-12-25-21)13-17-14-26-27-22(17)16-6-10-19(11-7-16)30(24,28)29/h1-12,14,20H,13H2,(H,26,27)(H2,24,28,29). The molecule has 2 aromatic heterocycles. The van der Waals surface area contributed by atoms with Gasteiger partial charge >= 0.3 is 0 Å². The van der Waals surface area contributed by atoms with Crippen LogP contribution in [0.5, 0.6) is 0 Å². The number of hydrogen-bond donors (Lipinski definition) is 2. The van der Waals surface area contributed by atoms with Crippen molar-refractivity contribution in [3.05, 3.63) is 102 Å². The summed E-state index contributed by atoms with van der Waals surface area (Å²) in [4.78, 5) is 4.54. The molecule has 30 heavy (non-hydrogen) atoms. The van der Waals surface area contributed by atoms with Gasteiger partial charge in [-0.1, -0.05) is 30.3 Å². The predicted molar refractivity (Wildman–Crippen MR) is 112 cm³/mol. The van der Waals surface area contributed by atoms with Gasteiger partial charge in [0.2, 0.25) is 10.0 Å². The van der Waals surface area contributed by atoms with Crippen LogP contribution in [0.2, 0.25) is 0 Å². The van der Waals surface area contributed by atoms with Gasteiger partial charge in [0.25, 0.3) is 0 Å². The second-order valence-electron chi connectivity index (χ2n) is 6.89. The summed E-state index contributed by atoms with van der Waals surface area (Å²) in [6.45, 7) is 0. The summed E-state index contributed by atoms with van der Waals surface area (Å²) in [5, 5.41) is 12.4. The number of nitrogens with two attached hydrogens (primary N) is 1. The average Bonchev–Trinajstić information content (AvgIpc) is 3.21. The van der Waals surface area contributed by atoms with Crippen molar-refractivity contribution in [3.8, 4) is 11.3 Å². The van der Waals surface area contributed by atoms with Crippen LogP contribution in [-0.2, 0) is 16.4 Å². The molecule has 0 bridgehead atoms. The van der Waals surface area contributed by atoms with Crippen molar-refractivity contribution in [3.63, 3.8) is 0 Å². The number of primary sulfonamides is 1. The van der Waals surface area contributed by atoms with E-state index in [4.69, 9.17) is 5.14 Å². The summed E-state index contributed by atoms with van der Waals surface area (Å²) in [5.41, 5.74) is 4.20. The fourth-order valence-electron chi connectivity index (χ4n) is 3.41. The van der Waals surface area contributed by atoms with Crippen molar-refractivity contribution in [2.45, 2.75) is 17.2 Å². The maximum Gasteiger partial charge on any atom is 0.238 e. The number of rotatable bonds is 6. The second-order valence-corrected chi connectivity index (χ2v) is 8.45. The second kappa shape index (κ2) is 8.17. The van der Waals surface area contributed by atoms with Crippen LogP contribution < -0.4 is 5.14 Å². The van der Waals surface area contributed by atoms with Crippen LogP contribution in [0, 0.1) is 5.82 Å². The smallest absolute Gasteiger partial charge is 0.238 e. The molecule has 1 unspecified atom stereocenters. The molecule has 0 radical (unpaired) electrons. The lowest BCUT2D eigenvalue weighted by Gasteiger charge is -2.17.